The van der Waals surface area contributed by atoms with Gasteiger partial charge in [-0.1, -0.05) is 0 Å². The molecule has 2 rings (SSSR count). The van der Waals surface area contributed by atoms with Gasteiger partial charge in [-0.25, -0.2) is 0 Å². The van der Waals surface area contributed by atoms with Gasteiger partial charge in [-0.15, -0.1) is 35.3 Å². The van der Waals surface area contributed by atoms with Crippen LogP contribution in [0.2, 0.25) is 0 Å². The molecule has 5 nitrogen and oxygen atoms in total. The first-order valence-corrected chi connectivity index (χ1v) is 9.82. The third kappa shape index (κ3) is 8.70. The number of hydrogen-bond acceptors (Lipinski definition) is 4. The van der Waals surface area contributed by atoms with Gasteiger partial charge in [0.05, 0.1) is 0 Å². The summed E-state index contributed by atoms with van der Waals surface area (Å²) in [7, 11) is 4.06. The van der Waals surface area contributed by atoms with E-state index in [1.54, 1.807) is 0 Å². The summed E-state index contributed by atoms with van der Waals surface area (Å²) in [5, 5.41) is 6.96. The fourth-order valence-corrected chi connectivity index (χ4v) is 4.05. The Morgan fingerprint density at radius 1 is 1.28 bits per heavy atom. The Labute approximate surface area is 174 Å². The minimum atomic E-state index is 0. The molecule has 1 unspecified atom stereocenters. The summed E-state index contributed by atoms with van der Waals surface area (Å²) < 4.78 is 0. The maximum absolute atomic E-state index is 4.36. The first-order valence-electron chi connectivity index (χ1n) is 9.00. The lowest BCUT2D eigenvalue weighted by atomic mass is 10.2. The van der Waals surface area contributed by atoms with Crippen LogP contribution in [-0.2, 0) is 6.42 Å². The third-order valence-electron chi connectivity index (χ3n) is 4.44. The molecule has 1 aliphatic heterocycles. The molecule has 7 heteroatoms. The topological polar surface area (TPSA) is 42.9 Å². The second kappa shape index (κ2) is 12.1. The van der Waals surface area contributed by atoms with E-state index >= 15 is 0 Å². The number of hydrogen-bond donors (Lipinski definition) is 2. The van der Waals surface area contributed by atoms with Crippen molar-refractivity contribution in [2.75, 3.05) is 53.4 Å². The summed E-state index contributed by atoms with van der Waals surface area (Å²) in [5.41, 5.74) is 0. The van der Waals surface area contributed by atoms with E-state index in [9.17, 15) is 0 Å². The number of rotatable bonds is 6. The number of nitrogens with one attached hydrogen (secondary N) is 2. The zero-order valence-corrected chi connectivity index (χ0v) is 19.2. The predicted molar refractivity (Wildman–Crippen MR) is 121 cm³/mol. The molecule has 25 heavy (non-hydrogen) atoms. The van der Waals surface area contributed by atoms with Crippen LogP contribution in [-0.4, -0.2) is 75.2 Å². The minimum absolute atomic E-state index is 0. The van der Waals surface area contributed by atoms with Crippen LogP contribution in [0.25, 0.3) is 0 Å². The maximum atomic E-state index is 4.36. The van der Waals surface area contributed by atoms with Crippen LogP contribution in [0.15, 0.2) is 17.1 Å². The lowest BCUT2D eigenvalue weighted by molar-refractivity contribution is 0.280. The molecule has 1 saturated heterocycles. The first kappa shape index (κ1) is 22.7. The van der Waals surface area contributed by atoms with Crippen LogP contribution in [0.5, 0.6) is 0 Å². The second-order valence-electron chi connectivity index (χ2n) is 6.76. The van der Waals surface area contributed by atoms with E-state index in [4.69, 9.17) is 0 Å². The number of nitrogens with zero attached hydrogens (tertiary/aromatic N) is 3. The molecule has 2 heterocycles. The lowest BCUT2D eigenvalue weighted by Crippen LogP contribution is -2.45. The number of guanidine groups is 1. The monoisotopic (exact) mass is 479 g/mol. The molecule has 1 atom stereocenters. The van der Waals surface area contributed by atoms with Crippen molar-refractivity contribution in [3.05, 3.63) is 21.9 Å². The van der Waals surface area contributed by atoms with E-state index in [0.29, 0.717) is 6.04 Å². The Morgan fingerprint density at radius 2 is 2.08 bits per heavy atom. The number of aryl methyl sites for hydroxylation is 1. The molecule has 0 amide bonds. The van der Waals surface area contributed by atoms with Crippen LogP contribution in [0.4, 0.5) is 0 Å². The molecular weight excluding hydrogens is 445 g/mol. The van der Waals surface area contributed by atoms with E-state index in [1.165, 1.54) is 42.4 Å². The Kier molecular flexibility index (Phi) is 11.0. The molecule has 0 bridgehead atoms. The normalized spacial score (nSPS) is 18.3. The van der Waals surface area contributed by atoms with Crippen LogP contribution in [0, 0.1) is 6.92 Å². The summed E-state index contributed by atoms with van der Waals surface area (Å²) >= 11 is 1.88. The van der Waals surface area contributed by atoms with Crippen LogP contribution >= 0.6 is 35.3 Å². The molecule has 1 aromatic rings. The van der Waals surface area contributed by atoms with Crippen LogP contribution in [0.1, 0.15) is 23.1 Å². The van der Waals surface area contributed by atoms with Gasteiger partial charge in [-0.05, 0) is 52.5 Å². The van der Waals surface area contributed by atoms with E-state index in [1.807, 2.05) is 18.4 Å². The minimum Gasteiger partial charge on any atom is -0.355 e. The number of halogens is 1. The zero-order valence-electron chi connectivity index (χ0n) is 16.0. The van der Waals surface area contributed by atoms with Gasteiger partial charge in [0.1, 0.15) is 0 Å². The van der Waals surface area contributed by atoms with E-state index in [-0.39, 0.29) is 24.0 Å². The SMILES string of the molecule is CN=C(NCCN1CCCN(C)CC1)NC(C)Cc1ccc(C)s1.I. The molecular formula is C18H34IN5S. The van der Waals surface area contributed by atoms with Gasteiger partial charge >= 0.3 is 0 Å². The van der Waals surface area contributed by atoms with Gasteiger partial charge in [-0.2, -0.15) is 0 Å². The molecule has 2 N–H and O–H groups in total. The third-order valence-corrected chi connectivity index (χ3v) is 5.47. The molecule has 0 radical (unpaired) electrons. The van der Waals surface area contributed by atoms with Gasteiger partial charge in [0.15, 0.2) is 5.96 Å². The standard InChI is InChI=1S/C18H33N5S.HI/c1-15(14-17-7-6-16(2)24-17)21-18(19-3)20-8-11-23-10-5-9-22(4)12-13-23;/h6-7,15H,5,8-14H2,1-4H3,(H2,19,20,21);1H. The molecule has 0 spiro atoms. The summed E-state index contributed by atoms with van der Waals surface area (Å²) in [6.45, 7) is 11.1. The average Bonchev–Trinajstić information content (AvgIpc) is 2.83. The number of aliphatic imine (C=N–C) groups is 1. The Morgan fingerprint density at radius 3 is 2.76 bits per heavy atom. The summed E-state index contributed by atoms with van der Waals surface area (Å²) in [4.78, 5) is 12.1. The molecule has 0 saturated carbocycles. The van der Waals surface area contributed by atoms with Gasteiger partial charge in [-0.3, -0.25) is 4.99 Å². The van der Waals surface area contributed by atoms with E-state index < -0.39 is 0 Å². The fraction of sp³-hybridized carbons (Fsp3) is 0.722. The van der Waals surface area contributed by atoms with Crippen molar-refractivity contribution in [3.63, 3.8) is 0 Å². The molecule has 1 fully saturated rings. The van der Waals surface area contributed by atoms with Crippen LogP contribution in [0.3, 0.4) is 0 Å². The molecule has 0 aliphatic carbocycles. The van der Waals surface area contributed by atoms with E-state index in [0.717, 1.165) is 25.5 Å². The molecule has 1 aromatic heterocycles. The summed E-state index contributed by atoms with van der Waals surface area (Å²) in [6, 6.07) is 4.80. The van der Waals surface area contributed by atoms with Crippen molar-refractivity contribution in [2.24, 2.45) is 4.99 Å². The Bertz CT molecular complexity index is 519. The Hall–Kier alpha value is -0.380. The van der Waals surface area contributed by atoms with Crippen molar-refractivity contribution in [2.45, 2.75) is 32.7 Å². The Balaban J connectivity index is 0.00000312. The molecule has 1 aliphatic rings. The predicted octanol–water partition coefficient (Wildman–Crippen LogP) is 2.41. The second-order valence-corrected chi connectivity index (χ2v) is 8.13. The van der Waals surface area contributed by atoms with Gasteiger partial charge < -0.3 is 20.4 Å². The largest absolute Gasteiger partial charge is 0.355 e. The number of likely N-dealkylation sites (N-methyl/N-ethyl adjacent to an activating group) is 1. The summed E-state index contributed by atoms with van der Waals surface area (Å²) in [5.74, 6) is 0.905. The molecule has 0 aromatic carbocycles. The highest BCUT2D eigenvalue weighted by Gasteiger charge is 2.12. The van der Waals surface area contributed by atoms with Crippen molar-refractivity contribution >= 4 is 41.3 Å². The highest BCUT2D eigenvalue weighted by atomic mass is 127. The fourth-order valence-electron chi connectivity index (χ4n) is 3.03. The van der Waals surface area contributed by atoms with Crippen molar-refractivity contribution in [1.82, 2.24) is 20.4 Å². The van der Waals surface area contributed by atoms with Crippen molar-refractivity contribution < 1.29 is 0 Å². The van der Waals surface area contributed by atoms with E-state index in [2.05, 4.69) is 58.5 Å². The quantitative estimate of drug-likeness (QED) is 0.374. The smallest absolute Gasteiger partial charge is 0.191 e. The first-order chi connectivity index (χ1) is 11.6. The lowest BCUT2D eigenvalue weighted by Gasteiger charge is -2.22. The highest BCUT2D eigenvalue weighted by molar-refractivity contribution is 14.0. The zero-order chi connectivity index (χ0) is 17.4. The van der Waals surface area contributed by atoms with Crippen LogP contribution < -0.4 is 10.6 Å². The summed E-state index contributed by atoms with van der Waals surface area (Å²) in [6.07, 6.45) is 2.30. The number of thiophene rings is 1. The maximum Gasteiger partial charge on any atom is 0.191 e. The molecule has 144 valence electrons. The average molecular weight is 479 g/mol. The van der Waals surface area contributed by atoms with Gasteiger partial charge in [0, 0.05) is 55.4 Å². The van der Waals surface area contributed by atoms with Crippen molar-refractivity contribution in [3.8, 4) is 0 Å². The van der Waals surface area contributed by atoms with Crippen molar-refractivity contribution in [1.29, 1.82) is 0 Å². The van der Waals surface area contributed by atoms with Gasteiger partial charge in [0.25, 0.3) is 0 Å². The highest BCUT2D eigenvalue weighted by Crippen LogP contribution is 2.16. The van der Waals surface area contributed by atoms with Gasteiger partial charge in [0.2, 0.25) is 0 Å².